The first-order chi connectivity index (χ1) is 25.1. The van der Waals surface area contributed by atoms with E-state index in [2.05, 4.69) is 207 Å². The first-order valence-electron chi connectivity index (χ1n) is 18.0. The van der Waals surface area contributed by atoms with E-state index in [1.165, 1.54) is 77.8 Å². The summed E-state index contributed by atoms with van der Waals surface area (Å²) in [6.07, 6.45) is 0. The number of nitrogens with zero attached hydrogens (tertiary/aromatic N) is 1. The zero-order chi connectivity index (χ0) is 34.2. The summed E-state index contributed by atoms with van der Waals surface area (Å²) in [7, 11) is 0. The standard InChI is InChI=1S/C50H37N/c1-49(2)42-26-13-12-25-40(42)48-45(49)28-16-30-47(48)51(46-29-15-18-34-17-9-10-23-38(34)46)37-31-32-44-41(33-37)39-24-11-14-27-43(39)50(44,35-19-5-3-6-20-35)36-21-7-4-8-22-36/h3-33H,1-2H3. The molecule has 0 aliphatic heterocycles. The highest BCUT2D eigenvalue weighted by molar-refractivity contribution is 6.03. The molecule has 0 saturated heterocycles. The van der Waals surface area contributed by atoms with E-state index in [-0.39, 0.29) is 5.41 Å². The first kappa shape index (κ1) is 29.7. The second-order valence-corrected chi connectivity index (χ2v) is 14.5. The third-order valence-corrected chi connectivity index (χ3v) is 11.5. The minimum atomic E-state index is -0.436. The van der Waals surface area contributed by atoms with Crippen molar-refractivity contribution < 1.29 is 0 Å². The van der Waals surface area contributed by atoms with Crippen molar-refractivity contribution in [3.05, 3.63) is 221 Å². The molecule has 2 aliphatic rings. The van der Waals surface area contributed by atoms with E-state index in [4.69, 9.17) is 0 Å². The number of hydrogen-bond donors (Lipinski definition) is 0. The fraction of sp³-hybridized carbons (Fsp3) is 0.0800. The lowest BCUT2D eigenvalue weighted by Gasteiger charge is -2.34. The first-order valence-corrected chi connectivity index (χ1v) is 18.0. The summed E-state index contributed by atoms with van der Waals surface area (Å²) in [5.41, 5.74) is 16.1. The van der Waals surface area contributed by atoms with E-state index >= 15 is 0 Å². The Balaban J connectivity index is 1.29. The van der Waals surface area contributed by atoms with Crippen LogP contribution in [-0.4, -0.2) is 0 Å². The average molecular weight is 652 g/mol. The predicted molar refractivity (Wildman–Crippen MR) is 213 cm³/mol. The van der Waals surface area contributed by atoms with Gasteiger partial charge in [0.15, 0.2) is 0 Å². The Morgan fingerprint density at radius 1 is 0.392 bits per heavy atom. The fourth-order valence-corrected chi connectivity index (χ4v) is 9.31. The molecule has 0 aromatic heterocycles. The number of fused-ring (bicyclic) bond motifs is 7. The Bertz CT molecular complexity index is 2570. The van der Waals surface area contributed by atoms with E-state index < -0.39 is 5.41 Å². The van der Waals surface area contributed by atoms with Crippen molar-refractivity contribution in [2.45, 2.75) is 24.7 Å². The van der Waals surface area contributed by atoms with Crippen LogP contribution in [0.4, 0.5) is 17.1 Å². The van der Waals surface area contributed by atoms with Gasteiger partial charge in [0.2, 0.25) is 0 Å². The van der Waals surface area contributed by atoms with Gasteiger partial charge in [0.05, 0.1) is 16.8 Å². The summed E-state index contributed by atoms with van der Waals surface area (Å²) in [6, 6.07) is 69.7. The Morgan fingerprint density at radius 3 is 1.71 bits per heavy atom. The monoisotopic (exact) mass is 651 g/mol. The van der Waals surface area contributed by atoms with Gasteiger partial charge in [-0.05, 0) is 79.7 Å². The van der Waals surface area contributed by atoms with Crippen LogP contribution in [0.25, 0.3) is 33.0 Å². The molecule has 1 heteroatoms. The maximum atomic E-state index is 2.52. The summed E-state index contributed by atoms with van der Waals surface area (Å²) in [5, 5.41) is 2.46. The normalized spacial score (nSPS) is 14.4. The van der Waals surface area contributed by atoms with Crippen molar-refractivity contribution in [2.75, 3.05) is 4.90 Å². The van der Waals surface area contributed by atoms with E-state index in [9.17, 15) is 0 Å². The summed E-state index contributed by atoms with van der Waals surface area (Å²) in [5.74, 6) is 0. The van der Waals surface area contributed by atoms with Crippen molar-refractivity contribution in [1.29, 1.82) is 0 Å². The van der Waals surface area contributed by atoms with Gasteiger partial charge in [-0.2, -0.15) is 0 Å². The topological polar surface area (TPSA) is 3.24 Å². The maximum absolute atomic E-state index is 2.52. The van der Waals surface area contributed by atoms with Gasteiger partial charge in [-0.15, -0.1) is 0 Å². The molecule has 0 atom stereocenters. The van der Waals surface area contributed by atoms with Gasteiger partial charge in [0.25, 0.3) is 0 Å². The minimum absolute atomic E-state index is 0.103. The van der Waals surface area contributed by atoms with Crippen molar-refractivity contribution in [2.24, 2.45) is 0 Å². The van der Waals surface area contributed by atoms with Crippen molar-refractivity contribution in [3.63, 3.8) is 0 Å². The molecular weight excluding hydrogens is 615 g/mol. The molecule has 0 fully saturated rings. The van der Waals surface area contributed by atoms with Gasteiger partial charge >= 0.3 is 0 Å². The van der Waals surface area contributed by atoms with Crippen LogP contribution in [0.1, 0.15) is 47.2 Å². The van der Waals surface area contributed by atoms with Gasteiger partial charge in [-0.3, -0.25) is 0 Å². The highest BCUT2D eigenvalue weighted by Gasteiger charge is 2.46. The average Bonchev–Trinajstić information content (AvgIpc) is 3.62. The van der Waals surface area contributed by atoms with Crippen LogP contribution in [0.3, 0.4) is 0 Å². The molecule has 8 aromatic rings. The molecule has 2 aliphatic carbocycles. The largest absolute Gasteiger partial charge is 0.309 e. The van der Waals surface area contributed by atoms with E-state index in [1.807, 2.05) is 0 Å². The SMILES string of the molecule is CC1(C)c2ccccc2-c2c(N(c3ccc4c(c3)-c3ccccc3C4(c3ccccc3)c3ccccc3)c3cccc4ccccc34)cccc21. The lowest BCUT2D eigenvalue weighted by Crippen LogP contribution is -2.28. The third-order valence-electron chi connectivity index (χ3n) is 11.5. The highest BCUT2D eigenvalue weighted by Crippen LogP contribution is 2.59. The Labute approximate surface area is 300 Å². The van der Waals surface area contributed by atoms with Crippen molar-refractivity contribution in [3.8, 4) is 22.3 Å². The molecule has 0 N–H and O–H groups in total. The fourth-order valence-electron chi connectivity index (χ4n) is 9.31. The molecule has 0 amide bonds. The lowest BCUT2D eigenvalue weighted by atomic mass is 9.68. The minimum Gasteiger partial charge on any atom is -0.309 e. The molecule has 8 aromatic carbocycles. The van der Waals surface area contributed by atoms with E-state index in [0.29, 0.717) is 0 Å². The zero-order valence-electron chi connectivity index (χ0n) is 28.8. The smallest absolute Gasteiger partial charge is 0.0713 e. The van der Waals surface area contributed by atoms with E-state index in [1.54, 1.807) is 0 Å². The molecule has 0 radical (unpaired) electrons. The Hall–Kier alpha value is -6.18. The Morgan fingerprint density at radius 2 is 0.941 bits per heavy atom. The van der Waals surface area contributed by atoms with Crippen LogP contribution < -0.4 is 4.90 Å². The lowest BCUT2D eigenvalue weighted by molar-refractivity contribution is 0.660. The summed E-state index contributed by atoms with van der Waals surface area (Å²) in [6.45, 7) is 4.73. The molecular formula is C50H37N. The molecule has 51 heavy (non-hydrogen) atoms. The zero-order valence-corrected chi connectivity index (χ0v) is 28.8. The third kappa shape index (κ3) is 4.15. The highest BCUT2D eigenvalue weighted by atomic mass is 15.1. The molecule has 0 spiro atoms. The van der Waals surface area contributed by atoms with E-state index in [0.717, 1.165) is 5.69 Å². The molecule has 10 rings (SSSR count). The number of hydrogen-bond acceptors (Lipinski definition) is 1. The Kier molecular flexibility index (Phi) is 6.51. The number of anilines is 3. The van der Waals surface area contributed by atoms with Gasteiger partial charge in [0.1, 0.15) is 0 Å². The molecule has 0 bridgehead atoms. The van der Waals surface area contributed by atoms with Gasteiger partial charge < -0.3 is 4.90 Å². The van der Waals surface area contributed by atoms with Crippen LogP contribution in [0.15, 0.2) is 188 Å². The number of benzene rings is 8. The van der Waals surface area contributed by atoms with Crippen molar-refractivity contribution in [1.82, 2.24) is 0 Å². The predicted octanol–water partition coefficient (Wildman–Crippen LogP) is 13.0. The molecule has 0 heterocycles. The molecule has 0 unspecified atom stereocenters. The molecule has 1 nitrogen and oxygen atoms in total. The summed E-state index contributed by atoms with van der Waals surface area (Å²) < 4.78 is 0. The van der Waals surface area contributed by atoms with Crippen LogP contribution in [0.5, 0.6) is 0 Å². The van der Waals surface area contributed by atoms with Gasteiger partial charge in [-0.25, -0.2) is 0 Å². The second-order valence-electron chi connectivity index (χ2n) is 14.5. The van der Waals surface area contributed by atoms with Crippen molar-refractivity contribution >= 4 is 27.8 Å². The second kappa shape index (κ2) is 11.2. The quantitative estimate of drug-likeness (QED) is 0.179. The maximum Gasteiger partial charge on any atom is 0.0713 e. The van der Waals surface area contributed by atoms with Gasteiger partial charge in [0, 0.05) is 22.1 Å². The summed E-state index contributed by atoms with van der Waals surface area (Å²) >= 11 is 0. The van der Waals surface area contributed by atoms with Crippen LogP contribution >= 0.6 is 0 Å². The van der Waals surface area contributed by atoms with Crippen LogP contribution in [-0.2, 0) is 10.8 Å². The molecule has 0 saturated carbocycles. The summed E-state index contributed by atoms with van der Waals surface area (Å²) in [4.78, 5) is 2.52. The van der Waals surface area contributed by atoms with Crippen LogP contribution in [0, 0.1) is 0 Å². The van der Waals surface area contributed by atoms with Gasteiger partial charge in [-0.1, -0.05) is 178 Å². The van der Waals surface area contributed by atoms with Crippen LogP contribution in [0.2, 0.25) is 0 Å². The molecule has 242 valence electrons. The number of rotatable bonds is 5.